The quantitative estimate of drug-likeness (QED) is 0.462. The predicted molar refractivity (Wildman–Crippen MR) is 36.9 cm³/mol. The van der Waals surface area contributed by atoms with Gasteiger partial charge < -0.3 is 0 Å². The molecular weight excluding hydrogens is 108 g/mol. The summed E-state index contributed by atoms with van der Waals surface area (Å²) in [6.07, 6.45) is 0. The highest BCUT2D eigenvalue weighted by Crippen LogP contribution is 2.96. The van der Waals surface area contributed by atoms with Crippen molar-refractivity contribution >= 4 is 0 Å². The summed E-state index contributed by atoms with van der Waals surface area (Å²) >= 11 is 0. The first kappa shape index (κ1) is 4.76. The minimum Gasteiger partial charge on any atom is -0.0619 e. The molecule has 0 aromatic rings. The van der Waals surface area contributed by atoms with E-state index >= 15 is 0 Å². The molecule has 3 rings (SSSR count). The third kappa shape index (κ3) is 0.222. The molecule has 0 aromatic carbocycles. The monoisotopic (exact) mass is 122 g/mol. The fourth-order valence-electron chi connectivity index (χ4n) is 4.08. The molecule has 3 saturated carbocycles. The Morgan fingerprint density at radius 1 is 0.889 bits per heavy atom. The van der Waals surface area contributed by atoms with E-state index in [-0.39, 0.29) is 0 Å². The molecule has 0 heterocycles. The number of rotatable bonds is 0. The number of fused-ring (bicyclic) bond motifs is 1. The first-order chi connectivity index (χ1) is 4.22. The van der Waals surface area contributed by atoms with Gasteiger partial charge in [0.15, 0.2) is 0 Å². The van der Waals surface area contributed by atoms with Crippen LogP contribution in [0, 0.1) is 35.0 Å². The van der Waals surface area contributed by atoms with E-state index in [9.17, 15) is 0 Å². The van der Waals surface area contributed by atoms with Crippen LogP contribution in [-0.4, -0.2) is 0 Å². The minimum atomic E-state index is 0.944. The van der Waals surface area contributed by atoms with Crippen LogP contribution in [0.1, 0.15) is 20.8 Å². The molecule has 0 heteroatoms. The zero-order valence-corrected chi connectivity index (χ0v) is 6.39. The summed E-state index contributed by atoms with van der Waals surface area (Å²) in [6, 6.07) is 0. The molecule has 0 radical (unpaired) electrons. The van der Waals surface area contributed by atoms with E-state index in [2.05, 4.69) is 20.8 Å². The first-order valence-electron chi connectivity index (χ1n) is 4.22. The van der Waals surface area contributed by atoms with Gasteiger partial charge in [-0.15, -0.1) is 0 Å². The summed E-state index contributed by atoms with van der Waals surface area (Å²) in [5.41, 5.74) is 0.944. The average Bonchev–Trinajstić information content (AvgIpc) is 2.66. The van der Waals surface area contributed by atoms with Crippen molar-refractivity contribution < 1.29 is 0 Å². The highest BCUT2D eigenvalue weighted by molar-refractivity contribution is 5.39. The summed E-state index contributed by atoms with van der Waals surface area (Å²) in [5.74, 6) is 5.66. The second-order valence-corrected chi connectivity index (χ2v) is 4.49. The normalized spacial score (nSPS) is 82.3. The van der Waals surface area contributed by atoms with Crippen molar-refractivity contribution in [3.8, 4) is 0 Å². The maximum atomic E-state index is 2.45. The zero-order valence-electron chi connectivity index (χ0n) is 6.39. The Morgan fingerprint density at radius 2 is 1.56 bits per heavy atom. The van der Waals surface area contributed by atoms with Crippen molar-refractivity contribution in [2.75, 3.05) is 0 Å². The lowest BCUT2D eigenvalue weighted by molar-refractivity contribution is 0.0653. The van der Waals surface area contributed by atoms with Gasteiger partial charge in [0, 0.05) is 0 Å². The van der Waals surface area contributed by atoms with Crippen molar-refractivity contribution in [1.82, 2.24) is 0 Å². The average molecular weight is 122 g/mol. The summed E-state index contributed by atoms with van der Waals surface area (Å²) in [4.78, 5) is 0. The lowest BCUT2D eigenvalue weighted by Gasteiger charge is -2.41. The van der Waals surface area contributed by atoms with Crippen LogP contribution >= 0.6 is 0 Å². The Labute approximate surface area is 56.6 Å². The van der Waals surface area contributed by atoms with E-state index in [0.29, 0.717) is 0 Å². The Bertz CT molecular complexity index is 178. The van der Waals surface area contributed by atoms with E-state index in [0.717, 1.165) is 23.2 Å². The molecule has 0 bridgehead atoms. The van der Waals surface area contributed by atoms with E-state index in [1.165, 1.54) is 11.8 Å². The molecule has 0 N–H and O–H groups in total. The Hall–Kier alpha value is 0. The van der Waals surface area contributed by atoms with E-state index in [1.54, 1.807) is 0 Å². The second kappa shape index (κ2) is 0.889. The topological polar surface area (TPSA) is 0 Å². The van der Waals surface area contributed by atoms with Gasteiger partial charge >= 0.3 is 0 Å². The Morgan fingerprint density at radius 3 is 1.78 bits per heavy atom. The number of hydrogen-bond donors (Lipinski definition) is 0. The van der Waals surface area contributed by atoms with Crippen molar-refractivity contribution in [2.24, 2.45) is 35.0 Å². The van der Waals surface area contributed by atoms with Crippen molar-refractivity contribution in [3.63, 3.8) is 0 Å². The van der Waals surface area contributed by atoms with Gasteiger partial charge in [-0.05, 0) is 35.0 Å². The molecule has 9 heavy (non-hydrogen) atoms. The smallest absolute Gasteiger partial charge is 0.0173 e. The zero-order chi connectivity index (χ0) is 6.39. The Balaban J connectivity index is 1.94. The molecule has 3 aliphatic rings. The van der Waals surface area contributed by atoms with Crippen LogP contribution < -0.4 is 0 Å². The van der Waals surface area contributed by atoms with Crippen LogP contribution in [0.5, 0.6) is 0 Å². The fourth-order valence-corrected chi connectivity index (χ4v) is 4.08. The predicted octanol–water partition coefficient (Wildman–Crippen LogP) is 2.15. The third-order valence-electron chi connectivity index (χ3n) is 4.79. The molecule has 0 nitrogen and oxygen atoms in total. The van der Waals surface area contributed by atoms with Crippen LogP contribution in [0.25, 0.3) is 0 Å². The van der Waals surface area contributed by atoms with E-state index in [1.807, 2.05) is 0 Å². The maximum absolute atomic E-state index is 2.45. The minimum absolute atomic E-state index is 0.944. The molecule has 6 unspecified atom stereocenters. The summed E-state index contributed by atoms with van der Waals surface area (Å²) < 4.78 is 0. The highest BCUT2D eigenvalue weighted by Gasteiger charge is 2.93. The summed E-state index contributed by atoms with van der Waals surface area (Å²) in [6.45, 7) is 7.31. The highest BCUT2D eigenvalue weighted by atomic mass is 15.0. The molecule has 0 saturated heterocycles. The fraction of sp³-hybridized carbons (Fsp3) is 1.00. The molecule has 3 aliphatic carbocycles. The molecule has 6 atom stereocenters. The molecule has 3 fully saturated rings. The number of hydrogen-bond acceptors (Lipinski definition) is 0. The summed E-state index contributed by atoms with van der Waals surface area (Å²) in [5, 5.41) is 0. The van der Waals surface area contributed by atoms with Crippen molar-refractivity contribution in [3.05, 3.63) is 0 Å². The van der Waals surface area contributed by atoms with E-state index in [4.69, 9.17) is 0 Å². The van der Waals surface area contributed by atoms with Crippen LogP contribution in [-0.2, 0) is 0 Å². The van der Waals surface area contributed by atoms with Crippen LogP contribution in [0.2, 0.25) is 0 Å². The van der Waals surface area contributed by atoms with Gasteiger partial charge in [0.2, 0.25) is 0 Å². The SMILES string of the molecule is CC1C(C)C23C(C)C2C13. The molecule has 1 spiro atoms. The van der Waals surface area contributed by atoms with Gasteiger partial charge in [0.05, 0.1) is 0 Å². The van der Waals surface area contributed by atoms with Gasteiger partial charge in [-0.2, -0.15) is 0 Å². The van der Waals surface area contributed by atoms with Crippen molar-refractivity contribution in [2.45, 2.75) is 20.8 Å². The van der Waals surface area contributed by atoms with Gasteiger partial charge in [-0.25, -0.2) is 0 Å². The molecule has 0 aliphatic heterocycles. The summed E-state index contributed by atoms with van der Waals surface area (Å²) in [7, 11) is 0. The molecule has 50 valence electrons. The molecule has 0 amide bonds. The second-order valence-electron chi connectivity index (χ2n) is 4.49. The van der Waals surface area contributed by atoms with Crippen LogP contribution in [0.3, 0.4) is 0 Å². The van der Waals surface area contributed by atoms with Gasteiger partial charge in [-0.3, -0.25) is 0 Å². The molecule has 0 aromatic heterocycles. The third-order valence-corrected chi connectivity index (χ3v) is 4.79. The van der Waals surface area contributed by atoms with Crippen LogP contribution in [0.15, 0.2) is 0 Å². The molecular formula is C9H14. The van der Waals surface area contributed by atoms with Gasteiger partial charge in [0.25, 0.3) is 0 Å². The largest absolute Gasteiger partial charge is 0.0619 e. The Kier molecular flexibility index (Phi) is 0.470. The van der Waals surface area contributed by atoms with Crippen LogP contribution in [0.4, 0.5) is 0 Å². The lowest BCUT2D eigenvalue weighted by Crippen LogP contribution is -2.36. The van der Waals surface area contributed by atoms with Gasteiger partial charge in [0.1, 0.15) is 0 Å². The maximum Gasteiger partial charge on any atom is -0.0173 e. The lowest BCUT2D eigenvalue weighted by atomic mass is 9.64. The standard InChI is InChI=1S/C9H14/c1-4-5(2)9-6(3)8(9)7(4)9/h4-8H,1-3H3. The van der Waals surface area contributed by atoms with Gasteiger partial charge in [-0.1, -0.05) is 20.8 Å². The van der Waals surface area contributed by atoms with E-state index < -0.39 is 0 Å². The van der Waals surface area contributed by atoms with Crippen molar-refractivity contribution in [1.29, 1.82) is 0 Å². The first-order valence-corrected chi connectivity index (χ1v) is 4.22.